The normalized spacial score (nSPS) is 11.0. The Morgan fingerprint density at radius 1 is 1.38 bits per heavy atom. The second-order valence-electron chi connectivity index (χ2n) is 3.22. The Balaban J connectivity index is 2.83. The van der Waals surface area contributed by atoms with Gasteiger partial charge in [0.05, 0.1) is 14.2 Å². The van der Waals surface area contributed by atoms with Gasteiger partial charge in [0.1, 0.15) is 5.75 Å². The maximum atomic E-state index is 13.2. The third kappa shape index (κ3) is 2.92. The van der Waals surface area contributed by atoms with E-state index in [0.717, 1.165) is 7.11 Å². The van der Waals surface area contributed by atoms with Crippen molar-refractivity contribution in [3.63, 3.8) is 0 Å². The van der Waals surface area contributed by atoms with Crippen molar-refractivity contribution in [3.8, 4) is 5.75 Å². The van der Waals surface area contributed by atoms with Crippen LogP contribution >= 0.6 is 0 Å². The fourth-order valence-electron chi connectivity index (χ4n) is 1.26. The lowest BCUT2D eigenvalue weighted by molar-refractivity contribution is -0.168. The second kappa shape index (κ2) is 4.92. The van der Waals surface area contributed by atoms with Gasteiger partial charge in [0.25, 0.3) is 0 Å². The molecule has 16 heavy (non-hydrogen) atoms. The Kier molecular flexibility index (Phi) is 3.82. The Labute approximate surface area is 92.0 Å². The van der Waals surface area contributed by atoms with Gasteiger partial charge in [0.2, 0.25) is 0 Å². The van der Waals surface area contributed by atoms with Crippen LogP contribution in [0, 0.1) is 0 Å². The van der Waals surface area contributed by atoms with Crippen LogP contribution in [-0.2, 0) is 16.0 Å². The molecule has 0 saturated carbocycles. The van der Waals surface area contributed by atoms with E-state index in [-0.39, 0.29) is 0 Å². The molecule has 1 aromatic carbocycles. The summed E-state index contributed by atoms with van der Waals surface area (Å²) < 4.78 is 35.4. The van der Waals surface area contributed by atoms with Crippen LogP contribution in [0.25, 0.3) is 0 Å². The Hall–Kier alpha value is -1.65. The lowest BCUT2D eigenvalue weighted by Crippen LogP contribution is -2.32. The number of hydrogen-bond donors (Lipinski definition) is 0. The lowest BCUT2D eigenvalue weighted by Gasteiger charge is -2.13. The smallest absolute Gasteiger partial charge is 0.377 e. The number of carbonyl (C=O) groups is 1. The predicted molar refractivity (Wildman–Crippen MR) is 53.7 cm³/mol. The van der Waals surface area contributed by atoms with Gasteiger partial charge in [-0.3, -0.25) is 0 Å². The molecule has 0 bridgehead atoms. The summed E-state index contributed by atoms with van der Waals surface area (Å²) in [6, 6.07) is 6.18. The van der Waals surface area contributed by atoms with E-state index in [1.54, 1.807) is 12.1 Å². The molecule has 0 aromatic heterocycles. The summed E-state index contributed by atoms with van der Waals surface area (Å²) in [7, 11) is 2.37. The van der Waals surface area contributed by atoms with Gasteiger partial charge < -0.3 is 9.47 Å². The molecule has 0 fully saturated rings. The number of methoxy groups -OCH3 is 2. The SMILES string of the molecule is COC(=O)C(F)(F)Cc1cccc(OC)c1. The van der Waals surface area contributed by atoms with E-state index < -0.39 is 18.3 Å². The fraction of sp³-hybridized carbons (Fsp3) is 0.364. The molecule has 0 unspecified atom stereocenters. The summed E-state index contributed by atoms with van der Waals surface area (Å²) in [5, 5.41) is 0. The van der Waals surface area contributed by atoms with Crippen LogP contribution in [0.1, 0.15) is 5.56 Å². The molecule has 0 N–H and O–H groups in total. The maximum absolute atomic E-state index is 13.2. The van der Waals surface area contributed by atoms with Gasteiger partial charge in [-0.25, -0.2) is 4.79 Å². The van der Waals surface area contributed by atoms with E-state index in [2.05, 4.69) is 4.74 Å². The zero-order valence-corrected chi connectivity index (χ0v) is 9.00. The standard InChI is InChI=1S/C11H12F2O3/c1-15-9-5-3-4-8(6-9)7-11(12,13)10(14)16-2/h3-6H,7H2,1-2H3. The first-order chi connectivity index (χ1) is 7.49. The summed E-state index contributed by atoms with van der Waals surface area (Å²) in [5.41, 5.74) is 0.315. The molecular weight excluding hydrogens is 218 g/mol. The van der Waals surface area contributed by atoms with E-state index in [0.29, 0.717) is 11.3 Å². The van der Waals surface area contributed by atoms with Crippen LogP contribution in [0.5, 0.6) is 5.75 Å². The van der Waals surface area contributed by atoms with Crippen molar-refractivity contribution in [1.82, 2.24) is 0 Å². The van der Waals surface area contributed by atoms with Crippen molar-refractivity contribution in [2.75, 3.05) is 14.2 Å². The van der Waals surface area contributed by atoms with Crippen molar-refractivity contribution in [1.29, 1.82) is 0 Å². The summed E-state index contributed by atoms with van der Waals surface area (Å²) in [6.45, 7) is 0. The maximum Gasteiger partial charge on any atom is 0.377 e. The number of hydrogen-bond acceptors (Lipinski definition) is 3. The van der Waals surface area contributed by atoms with E-state index in [1.807, 2.05) is 0 Å². The minimum Gasteiger partial charge on any atom is -0.497 e. The zero-order valence-electron chi connectivity index (χ0n) is 9.00. The zero-order chi connectivity index (χ0) is 12.2. The minimum atomic E-state index is -3.51. The number of rotatable bonds is 4. The van der Waals surface area contributed by atoms with Gasteiger partial charge in [0.15, 0.2) is 0 Å². The summed E-state index contributed by atoms with van der Waals surface area (Å²) >= 11 is 0. The highest BCUT2D eigenvalue weighted by atomic mass is 19.3. The Morgan fingerprint density at radius 2 is 2.06 bits per heavy atom. The molecule has 1 rings (SSSR count). The minimum absolute atomic E-state index is 0.315. The third-order valence-corrected chi connectivity index (χ3v) is 2.04. The monoisotopic (exact) mass is 230 g/mol. The van der Waals surface area contributed by atoms with Crippen molar-refractivity contribution in [3.05, 3.63) is 29.8 Å². The number of halogens is 2. The molecule has 0 atom stereocenters. The van der Waals surface area contributed by atoms with Crippen LogP contribution in [0.15, 0.2) is 24.3 Å². The van der Waals surface area contributed by atoms with Crippen LogP contribution in [-0.4, -0.2) is 26.1 Å². The first-order valence-corrected chi connectivity index (χ1v) is 4.59. The molecule has 0 saturated heterocycles. The quantitative estimate of drug-likeness (QED) is 0.742. The van der Waals surface area contributed by atoms with Crippen molar-refractivity contribution < 1.29 is 23.0 Å². The second-order valence-corrected chi connectivity index (χ2v) is 3.22. The molecule has 0 aliphatic rings. The van der Waals surface area contributed by atoms with Crippen LogP contribution in [0.2, 0.25) is 0 Å². The highest BCUT2D eigenvalue weighted by Crippen LogP contribution is 2.23. The van der Waals surface area contributed by atoms with Crippen LogP contribution in [0.3, 0.4) is 0 Å². The predicted octanol–water partition coefficient (Wildman–Crippen LogP) is 2.05. The number of ether oxygens (including phenoxy) is 2. The fourth-order valence-corrected chi connectivity index (χ4v) is 1.26. The molecule has 88 valence electrons. The van der Waals surface area contributed by atoms with E-state index in [9.17, 15) is 13.6 Å². The molecule has 0 aliphatic carbocycles. The summed E-state index contributed by atoms with van der Waals surface area (Å²) in [4.78, 5) is 10.8. The molecule has 3 nitrogen and oxygen atoms in total. The van der Waals surface area contributed by atoms with Gasteiger partial charge in [0, 0.05) is 6.42 Å². The van der Waals surface area contributed by atoms with Crippen LogP contribution < -0.4 is 4.74 Å². The van der Waals surface area contributed by atoms with Crippen molar-refractivity contribution >= 4 is 5.97 Å². The van der Waals surface area contributed by atoms with Crippen molar-refractivity contribution in [2.24, 2.45) is 0 Å². The molecule has 0 aliphatic heterocycles. The largest absolute Gasteiger partial charge is 0.497 e. The molecule has 0 radical (unpaired) electrons. The highest BCUT2D eigenvalue weighted by molar-refractivity contribution is 5.77. The number of benzene rings is 1. The molecule has 1 aromatic rings. The molecule has 0 spiro atoms. The van der Waals surface area contributed by atoms with E-state index >= 15 is 0 Å². The number of carbonyl (C=O) groups excluding carboxylic acids is 1. The summed E-state index contributed by atoms with van der Waals surface area (Å²) in [5.74, 6) is -4.57. The van der Waals surface area contributed by atoms with Gasteiger partial charge in [-0.15, -0.1) is 0 Å². The molecule has 0 amide bonds. The average Bonchev–Trinajstić information content (AvgIpc) is 2.27. The summed E-state index contributed by atoms with van der Waals surface area (Å²) in [6.07, 6.45) is -0.698. The van der Waals surface area contributed by atoms with Crippen LogP contribution in [0.4, 0.5) is 8.78 Å². The molecule has 0 heterocycles. The molecule has 5 heteroatoms. The number of alkyl halides is 2. The Morgan fingerprint density at radius 3 is 2.62 bits per heavy atom. The topological polar surface area (TPSA) is 35.5 Å². The third-order valence-electron chi connectivity index (χ3n) is 2.04. The first-order valence-electron chi connectivity index (χ1n) is 4.59. The average molecular weight is 230 g/mol. The van der Waals surface area contributed by atoms with E-state index in [1.165, 1.54) is 19.2 Å². The van der Waals surface area contributed by atoms with Gasteiger partial charge in [-0.05, 0) is 17.7 Å². The van der Waals surface area contributed by atoms with Gasteiger partial charge in [-0.1, -0.05) is 12.1 Å². The Bertz CT molecular complexity index is 377. The van der Waals surface area contributed by atoms with Crippen molar-refractivity contribution in [2.45, 2.75) is 12.3 Å². The number of esters is 1. The van der Waals surface area contributed by atoms with E-state index in [4.69, 9.17) is 4.74 Å². The van der Waals surface area contributed by atoms with Gasteiger partial charge >= 0.3 is 11.9 Å². The highest BCUT2D eigenvalue weighted by Gasteiger charge is 2.40. The molecular formula is C11H12F2O3. The van der Waals surface area contributed by atoms with Gasteiger partial charge in [-0.2, -0.15) is 8.78 Å². The first kappa shape index (κ1) is 12.4. The lowest BCUT2D eigenvalue weighted by atomic mass is 10.1.